The Kier molecular flexibility index (Phi) is 5.53. The number of piperidine rings is 1. The molecule has 1 unspecified atom stereocenters. The molecule has 1 saturated heterocycles. The number of anilines is 1. The molecule has 0 aliphatic carbocycles. The van der Waals surface area contributed by atoms with Gasteiger partial charge < -0.3 is 15.3 Å². The Balaban J connectivity index is 1.65. The number of benzene rings is 1. The van der Waals surface area contributed by atoms with Crippen molar-refractivity contribution < 1.29 is 9.90 Å². The second-order valence-corrected chi connectivity index (χ2v) is 7.20. The third-order valence-electron chi connectivity index (χ3n) is 4.70. The first-order chi connectivity index (χ1) is 11.7. The van der Waals surface area contributed by atoms with Gasteiger partial charge in [-0.25, -0.2) is 0 Å². The molecular formula is C19H24N2O2S. The minimum atomic E-state index is 0.0817. The number of likely N-dealkylation sites (tertiary alicyclic amines) is 1. The summed E-state index contributed by atoms with van der Waals surface area (Å²) in [6, 6.07) is 10.1. The predicted octanol–water partition coefficient (Wildman–Crippen LogP) is 3.77. The Labute approximate surface area is 147 Å². The Morgan fingerprint density at radius 1 is 1.38 bits per heavy atom. The molecule has 0 spiro atoms. The maximum atomic E-state index is 12.7. The van der Waals surface area contributed by atoms with Crippen molar-refractivity contribution in [2.75, 3.05) is 25.0 Å². The molecule has 0 radical (unpaired) electrons. The van der Waals surface area contributed by atoms with Crippen LogP contribution in [0.4, 0.5) is 5.69 Å². The van der Waals surface area contributed by atoms with Crippen molar-refractivity contribution in [3.63, 3.8) is 0 Å². The monoisotopic (exact) mass is 344 g/mol. The minimum Gasteiger partial charge on any atom is -0.396 e. The largest absolute Gasteiger partial charge is 0.396 e. The third-order valence-corrected chi connectivity index (χ3v) is 5.40. The zero-order valence-electron chi connectivity index (χ0n) is 13.9. The molecule has 128 valence electrons. The van der Waals surface area contributed by atoms with E-state index in [0.29, 0.717) is 5.92 Å². The topological polar surface area (TPSA) is 52.6 Å². The Morgan fingerprint density at radius 3 is 2.83 bits per heavy atom. The average Bonchev–Trinajstić information content (AvgIpc) is 3.16. The fourth-order valence-electron chi connectivity index (χ4n) is 3.10. The van der Waals surface area contributed by atoms with E-state index in [-0.39, 0.29) is 18.6 Å². The number of hydrogen-bond donors (Lipinski definition) is 2. The van der Waals surface area contributed by atoms with Gasteiger partial charge in [-0.3, -0.25) is 4.79 Å². The summed E-state index contributed by atoms with van der Waals surface area (Å²) in [5.74, 6) is 0.423. The fraction of sp³-hybridized carbons (Fsp3) is 0.421. The molecule has 1 atom stereocenters. The first-order valence-corrected chi connectivity index (χ1v) is 9.40. The zero-order valence-corrected chi connectivity index (χ0v) is 14.8. The molecule has 0 bridgehead atoms. The third kappa shape index (κ3) is 3.97. The highest BCUT2D eigenvalue weighted by Gasteiger charge is 2.23. The second kappa shape index (κ2) is 7.81. The number of aliphatic hydroxyl groups excluding tert-OH is 1. The Bertz CT molecular complexity index is 664. The number of carbonyl (C=O) groups is 1. The minimum absolute atomic E-state index is 0.0817. The lowest BCUT2D eigenvalue weighted by Crippen LogP contribution is -2.39. The lowest BCUT2D eigenvalue weighted by Gasteiger charge is -2.31. The zero-order chi connectivity index (χ0) is 16.9. The lowest BCUT2D eigenvalue weighted by molar-refractivity contribution is 0.0651. The fourth-order valence-corrected chi connectivity index (χ4v) is 3.85. The van der Waals surface area contributed by atoms with Crippen molar-refractivity contribution in [1.82, 2.24) is 4.90 Å². The van der Waals surface area contributed by atoms with Crippen LogP contribution in [0.1, 0.15) is 41.7 Å². The van der Waals surface area contributed by atoms with Crippen molar-refractivity contribution in [3.8, 4) is 0 Å². The van der Waals surface area contributed by atoms with Crippen LogP contribution in [-0.4, -0.2) is 35.6 Å². The molecule has 0 saturated carbocycles. The van der Waals surface area contributed by atoms with Crippen molar-refractivity contribution in [3.05, 3.63) is 52.2 Å². The van der Waals surface area contributed by atoms with Gasteiger partial charge in [-0.2, -0.15) is 11.3 Å². The molecule has 1 amide bonds. The first-order valence-electron chi connectivity index (χ1n) is 8.46. The van der Waals surface area contributed by atoms with Gasteiger partial charge in [0.05, 0.1) is 0 Å². The molecule has 1 aromatic carbocycles. The summed E-state index contributed by atoms with van der Waals surface area (Å²) in [5.41, 5.74) is 2.94. The van der Waals surface area contributed by atoms with Crippen molar-refractivity contribution in [1.29, 1.82) is 0 Å². The molecule has 4 nitrogen and oxygen atoms in total. The van der Waals surface area contributed by atoms with Crippen LogP contribution in [0.2, 0.25) is 0 Å². The predicted molar refractivity (Wildman–Crippen MR) is 98.5 cm³/mol. The summed E-state index contributed by atoms with van der Waals surface area (Å²) in [7, 11) is 0. The molecule has 3 rings (SSSR count). The quantitative estimate of drug-likeness (QED) is 0.868. The van der Waals surface area contributed by atoms with Gasteiger partial charge in [0.25, 0.3) is 5.91 Å². The highest BCUT2D eigenvalue weighted by Crippen LogP contribution is 2.23. The van der Waals surface area contributed by atoms with Gasteiger partial charge >= 0.3 is 0 Å². The first kappa shape index (κ1) is 17.0. The normalized spacial score (nSPS) is 16.8. The standard InChI is InChI=1S/C19H24N2O2S/c1-14(17-7-10-24-13-17)20-18-4-2-3-16(11-18)19(23)21-8-5-15(12-22)6-9-21/h2-4,7,10-11,13-15,20,22H,5-6,8-9,12H2,1H3. The van der Waals surface area contributed by atoms with Crippen LogP contribution in [0.3, 0.4) is 0 Å². The molecule has 5 heteroatoms. The molecule has 24 heavy (non-hydrogen) atoms. The van der Waals surface area contributed by atoms with Gasteiger partial charge in [0.1, 0.15) is 0 Å². The number of hydrogen-bond acceptors (Lipinski definition) is 4. The summed E-state index contributed by atoms with van der Waals surface area (Å²) in [4.78, 5) is 14.6. The number of rotatable bonds is 5. The van der Waals surface area contributed by atoms with E-state index in [4.69, 9.17) is 0 Å². The van der Waals surface area contributed by atoms with Gasteiger partial charge in [-0.05, 0) is 66.3 Å². The molecule has 1 aromatic heterocycles. The van der Waals surface area contributed by atoms with E-state index in [9.17, 15) is 9.90 Å². The van der Waals surface area contributed by atoms with Crippen molar-refractivity contribution in [2.24, 2.45) is 5.92 Å². The number of nitrogens with one attached hydrogen (secondary N) is 1. The molecule has 1 aliphatic rings. The van der Waals surface area contributed by atoms with Crippen LogP contribution in [0.15, 0.2) is 41.1 Å². The van der Waals surface area contributed by atoms with E-state index in [2.05, 4.69) is 29.1 Å². The molecule has 1 fully saturated rings. The second-order valence-electron chi connectivity index (χ2n) is 6.42. The van der Waals surface area contributed by atoms with Crippen LogP contribution in [0, 0.1) is 5.92 Å². The Hall–Kier alpha value is -1.85. The molecule has 2 aromatic rings. The van der Waals surface area contributed by atoms with Crippen molar-refractivity contribution in [2.45, 2.75) is 25.8 Å². The summed E-state index contributed by atoms with van der Waals surface area (Å²) < 4.78 is 0. The smallest absolute Gasteiger partial charge is 0.253 e. The van der Waals surface area contributed by atoms with E-state index in [1.54, 1.807) is 11.3 Å². The lowest BCUT2D eigenvalue weighted by atomic mass is 9.97. The maximum absolute atomic E-state index is 12.7. The van der Waals surface area contributed by atoms with E-state index >= 15 is 0 Å². The number of thiophene rings is 1. The molecular weight excluding hydrogens is 320 g/mol. The average molecular weight is 344 g/mol. The van der Waals surface area contributed by atoms with E-state index in [1.807, 2.05) is 29.2 Å². The van der Waals surface area contributed by atoms with E-state index in [1.165, 1.54) is 5.56 Å². The Morgan fingerprint density at radius 2 is 2.17 bits per heavy atom. The summed E-state index contributed by atoms with van der Waals surface area (Å²) in [6.07, 6.45) is 1.77. The van der Waals surface area contributed by atoms with Crippen LogP contribution in [0.25, 0.3) is 0 Å². The number of nitrogens with zero attached hydrogens (tertiary/aromatic N) is 1. The highest BCUT2D eigenvalue weighted by molar-refractivity contribution is 7.08. The summed E-state index contributed by atoms with van der Waals surface area (Å²) in [6.45, 7) is 3.80. The molecule has 1 aliphatic heterocycles. The van der Waals surface area contributed by atoms with Gasteiger partial charge in [-0.1, -0.05) is 6.07 Å². The van der Waals surface area contributed by atoms with Gasteiger partial charge in [0, 0.05) is 37.0 Å². The number of carbonyl (C=O) groups excluding carboxylic acids is 1. The van der Waals surface area contributed by atoms with Gasteiger partial charge in [0.15, 0.2) is 0 Å². The molecule has 2 N–H and O–H groups in total. The number of amides is 1. The molecule has 2 heterocycles. The van der Waals surface area contributed by atoms with Gasteiger partial charge in [-0.15, -0.1) is 0 Å². The SMILES string of the molecule is CC(Nc1cccc(C(=O)N2CCC(CO)CC2)c1)c1ccsc1. The number of aliphatic hydroxyl groups is 1. The van der Waals surface area contributed by atoms with E-state index in [0.717, 1.165) is 37.2 Å². The van der Waals surface area contributed by atoms with Crippen LogP contribution in [0.5, 0.6) is 0 Å². The van der Waals surface area contributed by atoms with Crippen LogP contribution >= 0.6 is 11.3 Å². The maximum Gasteiger partial charge on any atom is 0.253 e. The highest BCUT2D eigenvalue weighted by atomic mass is 32.1. The van der Waals surface area contributed by atoms with Crippen molar-refractivity contribution >= 4 is 22.9 Å². The van der Waals surface area contributed by atoms with E-state index < -0.39 is 0 Å². The summed E-state index contributed by atoms with van der Waals surface area (Å²) >= 11 is 1.69. The van der Waals surface area contributed by atoms with Crippen LogP contribution < -0.4 is 5.32 Å². The van der Waals surface area contributed by atoms with Gasteiger partial charge in [0.2, 0.25) is 0 Å². The summed E-state index contributed by atoms with van der Waals surface area (Å²) in [5, 5.41) is 16.9. The van der Waals surface area contributed by atoms with Crippen LogP contribution in [-0.2, 0) is 0 Å².